The summed E-state index contributed by atoms with van der Waals surface area (Å²) in [7, 11) is 0. The van der Waals surface area contributed by atoms with Gasteiger partial charge in [-0.3, -0.25) is 0 Å². The predicted molar refractivity (Wildman–Crippen MR) is 70.2 cm³/mol. The van der Waals surface area contributed by atoms with E-state index in [0.29, 0.717) is 10.4 Å². The Hall–Kier alpha value is -1.93. The van der Waals surface area contributed by atoms with E-state index in [0.717, 1.165) is 11.3 Å². The largest absolute Gasteiger partial charge is 0.476 e. The van der Waals surface area contributed by atoms with Gasteiger partial charge in [-0.1, -0.05) is 30.3 Å². The molecule has 0 atom stereocenters. The summed E-state index contributed by atoms with van der Waals surface area (Å²) in [5.74, 6) is -1.23. The maximum Gasteiger partial charge on any atom is 0.411 e. The van der Waals surface area contributed by atoms with E-state index in [2.05, 4.69) is 9.72 Å². The van der Waals surface area contributed by atoms with Crippen LogP contribution in [0.25, 0.3) is 10.4 Å². The molecular weight excluding hydrogens is 307 g/mol. The van der Waals surface area contributed by atoms with Crippen LogP contribution in [-0.4, -0.2) is 28.8 Å². The molecule has 0 amide bonds. The van der Waals surface area contributed by atoms with Crippen LogP contribution in [0.1, 0.15) is 15.5 Å². The summed E-state index contributed by atoms with van der Waals surface area (Å²) in [5, 5.41) is 9.31. The second kappa shape index (κ2) is 6.23. The minimum absolute atomic E-state index is 0.184. The fourth-order valence-electron chi connectivity index (χ4n) is 1.61. The van der Waals surface area contributed by atoms with Crippen LogP contribution in [0.4, 0.5) is 13.2 Å². The Morgan fingerprint density at radius 1 is 1.29 bits per heavy atom. The number of aromatic nitrogens is 1. The highest BCUT2D eigenvalue weighted by Crippen LogP contribution is 2.31. The van der Waals surface area contributed by atoms with Gasteiger partial charge >= 0.3 is 12.1 Å². The molecule has 4 nitrogen and oxygen atoms in total. The molecule has 2 rings (SSSR count). The molecule has 0 aliphatic carbocycles. The molecule has 0 unspecified atom stereocenters. The Morgan fingerprint density at radius 3 is 2.52 bits per heavy atom. The Labute approximate surface area is 121 Å². The molecule has 8 heteroatoms. The quantitative estimate of drug-likeness (QED) is 0.915. The van der Waals surface area contributed by atoms with Crippen molar-refractivity contribution >= 4 is 17.3 Å². The van der Waals surface area contributed by atoms with Gasteiger partial charge in [0.25, 0.3) is 0 Å². The van der Waals surface area contributed by atoms with E-state index in [1.165, 1.54) is 0 Å². The molecule has 1 aromatic heterocycles. The lowest BCUT2D eigenvalue weighted by atomic mass is 10.1. The Morgan fingerprint density at radius 2 is 1.95 bits per heavy atom. The van der Waals surface area contributed by atoms with Crippen molar-refractivity contribution in [2.24, 2.45) is 0 Å². The number of thiazole rings is 1. The summed E-state index contributed by atoms with van der Waals surface area (Å²) in [6, 6.07) is 8.67. The van der Waals surface area contributed by atoms with Crippen LogP contribution in [0, 0.1) is 0 Å². The summed E-state index contributed by atoms with van der Waals surface area (Å²) in [6.07, 6.45) is -4.42. The van der Waals surface area contributed by atoms with Crippen molar-refractivity contribution in [1.29, 1.82) is 0 Å². The molecule has 0 fully saturated rings. The van der Waals surface area contributed by atoms with Crippen molar-refractivity contribution in [3.63, 3.8) is 0 Å². The van der Waals surface area contributed by atoms with Crippen molar-refractivity contribution in [3.8, 4) is 10.4 Å². The van der Waals surface area contributed by atoms with E-state index in [9.17, 15) is 18.0 Å². The van der Waals surface area contributed by atoms with Gasteiger partial charge in [0, 0.05) is 0 Å². The highest BCUT2D eigenvalue weighted by atomic mass is 32.1. The van der Waals surface area contributed by atoms with Crippen molar-refractivity contribution in [2.75, 3.05) is 6.61 Å². The molecule has 112 valence electrons. The first-order valence-corrected chi connectivity index (χ1v) is 6.61. The monoisotopic (exact) mass is 317 g/mol. The average molecular weight is 317 g/mol. The van der Waals surface area contributed by atoms with E-state index in [-0.39, 0.29) is 17.3 Å². The molecule has 1 heterocycles. The molecule has 1 aromatic carbocycles. The molecule has 0 saturated carbocycles. The Bertz CT molecular complexity index is 625. The van der Waals surface area contributed by atoms with Gasteiger partial charge in [-0.2, -0.15) is 13.2 Å². The number of carboxylic acid groups (broad SMARTS) is 1. The lowest BCUT2D eigenvalue weighted by Gasteiger charge is -2.05. The van der Waals surface area contributed by atoms with Gasteiger partial charge in [0.2, 0.25) is 0 Å². The molecule has 0 saturated heterocycles. The van der Waals surface area contributed by atoms with E-state index < -0.39 is 18.8 Å². The van der Waals surface area contributed by atoms with Gasteiger partial charge in [-0.25, -0.2) is 9.78 Å². The number of carbonyl (C=O) groups is 1. The molecule has 1 N–H and O–H groups in total. The summed E-state index contributed by atoms with van der Waals surface area (Å²) in [5.41, 5.74) is 0.464. The van der Waals surface area contributed by atoms with Crippen molar-refractivity contribution < 1.29 is 27.8 Å². The second-order valence-electron chi connectivity index (χ2n) is 4.06. The van der Waals surface area contributed by atoms with Gasteiger partial charge in [-0.15, -0.1) is 11.3 Å². The number of rotatable bonds is 5. The van der Waals surface area contributed by atoms with Crippen molar-refractivity contribution in [2.45, 2.75) is 12.8 Å². The van der Waals surface area contributed by atoms with Gasteiger partial charge in [0.1, 0.15) is 11.6 Å². The van der Waals surface area contributed by atoms with E-state index in [1.54, 1.807) is 30.3 Å². The van der Waals surface area contributed by atoms with Crippen LogP contribution >= 0.6 is 11.3 Å². The third-order valence-electron chi connectivity index (χ3n) is 2.40. The van der Waals surface area contributed by atoms with E-state index in [4.69, 9.17) is 5.11 Å². The number of nitrogens with zero attached hydrogens (tertiary/aromatic N) is 1. The van der Waals surface area contributed by atoms with Gasteiger partial charge in [-0.05, 0) is 5.56 Å². The molecule has 0 spiro atoms. The number of ether oxygens (including phenoxy) is 1. The maximum absolute atomic E-state index is 12.0. The van der Waals surface area contributed by atoms with Crippen LogP contribution in [-0.2, 0) is 11.3 Å². The fourth-order valence-corrected chi connectivity index (χ4v) is 2.61. The molecular formula is C13H10F3NO3S. The van der Waals surface area contributed by atoms with E-state index in [1.807, 2.05) is 0 Å². The first-order valence-electron chi connectivity index (χ1n) is 5.80. The molecule has 0 aliphatic heterocycles. The first kappa shape index (κ1) is 15.5. The van der Waals surface area contributed by atoms with Gasteiger partial charge in [0.15, 0.2) is 5.69 Å². The Balaban J connectivity index is 2.20. The Kier molecular flexibility index (Phi) is 4.59. The number of halogens is 3. The normalized spacial score (nSPS) is 11.6. The maximum atomic E-state index is 12.0. The van der Waals surface area contributed by atoms with Crippen LogP contribution in [0.2, 0.25) is 0 Å². The van der Waals surface area contributed by atoms with Crippen molar-refractivity contribution in [3.05, 3.63) is 41.0 Å². The van der Waals surface area contributed by atoms with Gasteiger partial charge < -0.3 is 9.84 Å². The molecule has 21 heavy (non-hydrogen) atoms. The predicted octanol–water partition coefficient (Wildman–Crippen LogP) is 3.59. The summed E-state index contributed by atoms with van der Waals surface area (Å²) in [4.78, 5) is 15.4. The number of hydrogen-bond acceptors (Lipinski definition) is 4. The standard InChI is InChI=1S/C13H10F3NO3S/c14-13(15,16)7-20-6-9-17-10(12(18)19)11(21-9)8-4-2-1-3-5-8/h1-5H,6-7H2,(H,18,19). The topological polar surface area (TPSA) is 59.4 Å². The number of hydrogen-bond donors (Lipinski definition) is 1. The zero-order chi connectivity index (χ0) is 15.5. The number of alkyl halides is 3. The van der Waals surface area contributed by atoms with Crippen LogP contribution in [0.3, 0.4) is 0 Å². The van der Waals surface area contributed by atoms with Crippen molar-refractivity contribution in [1.82, 2.24) is 4.98 Å². The number of benzene rings is 1. The molecule has 0 aliphatic rings. The van der Waals surface area contributed by atoms with Crippen LogP contribution in [0.15, 0.2) is 30.3 Å². The molecule has 2 aromatic rings. The van der Waals surface area contributed by atoms with Crippen LogP contribution < -0.4 is 0 Å². The smallest absolute Gasteiger partial charge is 0.411 e. The molecule has 0 bridgehead atoms. The summed E-state index contributed by atoms with van der Waals surface area (Å²) < 4.78 is 40.5. The number of carboxylic acids is 1. The zero-order valence-electron chi connectivity index (χ0n) is 10.6. The van der Waals surface area contributed by atoms with Crippen LogP contribution in [0.5, 0.6) is 0 Å². The lowest BCUT2D eigenvalue weighted by molar-refractivity contribution is -0.176. The SMILES string of the molecule is O=C(O)c1nc(COCC(F)(F)F)sc1-c1ccccc1. The minimum Gasteiger partial charge on any atom is -0.476 e. The first-order chi connectivity index (χ1) is 9.87. The summed E-state index contributed by atoms with van der Waals surface area (Å²) >= 11 is 1.01. The van der Waals surface area contributed by atoms with E-state index >= 15 is 0 Å². The summed E-state index contributed by atoms with van der Waals surface area (Å²) in [6.45, 7) is -1.77. The second-order valence-corrected chi connectivity index (χ2v) is 5.15. The minimum atomic E-state index is -4.42. The molecule has 0 radical (unpaired) electrons. The third kappa shape index (κ3) is 4.27. The lowest BCUT2D eigenvalue weighted by Crippen LogP contribution is -2.16. The zero-order valence-corrected chi connectivity index (χ0v) is 11.4. The third-order valence-corrected chi connectivity index (χ3v) is 3.48. The fraction of sp³-hybridized carbons (Fsp3) is 0.231. The highest BCUT2D eigenvalue weighted by Gasteiger charge is 2.28. The highest BCUT2D eigenvalue weighted by molar-refractivity contribution is 7.15. The average Bonchev–Trinajstić information content (AvgIpc) is 2.83. The van der Waals surface area contributed by atoms with Gasteiger partial charge in [0.05, 0.1) is 11.5 Å². The number of aromatic carboxylic acids is 1.